The number of methoxy groups -OCH3 is 2. The molecular weight excluding hydrogens is 691 g/mol. The van der Waals surface area contributed by atoms with Crippen LogP contribution in [-0.4, -0.2) is 73.6 Å². The monoisotopic (exact) mass is 729 g/mol. The number of thiophene rings is 1. The predicted molar refractivity (Wildman–Crippen MR) is 207 cm³/mol. The average Bonchev–Trinajstić information content (AvgIpc) is 3.93. The Balaban J connectivity index is 0.852. The number of ether oxygens (including phenoxy) is 4. The quantitative estimate of drug-likeness (QED) is 0.116. The van der Waals surface area contributed by atoms with Crippen LogP contribution in [0.3, 0.4) is 0 Å². The molecule has 4 aliphatic rings. The maximum absolute atomic E-state index is 13.7. The van der Waals surface area contributed by atoms with Gasteiger partial charge < -0.3 is 34.5 Å². The summed E-state index contributed by atoms with van der Waals surface area (Å²) in [5, 5.41) is 2.04. The maximum Gasteiger partial charge on any atom is 0.260 e. The molecule has 5 heterocycles. The Morgan fingerprint density at radius 1 is 0.717 bits per heavy atom. The zero-order chi connectivity index (χ0) is 36.5. The van der Waals surface area contributed by atoms with Crippen LogP contribution >= 0.6 is 11.3 Å². The highest BCUT2D eigenvalue weighted by Gasteiger charge is 2.35. The molecule has 12 heteroatoms. The van der Waals surface area contributed by atoms with Crippen LogP contribution in [0.25, 0.3) is 11.1 Å². The van der Waals surface area contributed by atoms with E-state index in [0.29, 0.717) is 70.8 Å². The zero-order valence-corrected chi connectivity index (χ0v) is 30.3. The van der Waals surface area contributed by atoms with Crippen molar-refractivity contribution < 1.29 is 28.5 Å². The summed E-state index contributed by atoms with van der Waals surface area (Å²) in [7, 11) is 3.13. The maximum atomic E-state index is 13.7. The number of rotatable bonds is 12. The molecule has 2 amide bonds. The van der Waals surface area contributed by atoms with Gasteiger partial charge in [0, 0.05) is 60.4 Å². The highest BCUT2D eigenvalue weighted by Crippen LogP contribution is 2.42. The lowest BCUT2D eigenvalue weighted by Crippen LogP contribution is -2.32. The molecular formula is C41H39N5O6S. The van der Waals surface area contributed by atoms with E-state index in [9.17, 15) is 9.59 Å². The third kappa shape index (κ3) is 6.77. The molecule has 270 valence electrons. The van der Waals surface area contributed by atoms with E-state index in [1.54, 1.807) is 59.6 Å². The molecule has 4 aromatic rings. The molecule has 8 rings (SSSR count). The molecule has 2 atom stereocenters. The van der Waals surface area contributed by atoms with E-state index in [4.69, 9.17) is 34.7 Å². The van der Waals surface area contributed by atoms with Crippen LogP contribution < -0.4 is 24.7 Å². The molecule has 2 N–H and O–H groups in total. The number of hydrogen-bond acceptors (Lipinski definition) is 10. The molecule has 0 saturated heterocycles. The van der Waals surface area contributed by atoms with Crippen LogP contribution in [0.5, 0.6) is 23.0 Å². The fraction of sp³-hybridized carbons (Fsp3) is 0.268. The van der Waals surface area contributed by atoms with Crippen molar-refractivity contribution in [1.82, 2.24) is 9.80 Å². The summed E-state index contributed by atoms with van der Waals surface area (Å²) >= 11 is 1.67. The second-order valence-electron chi connectivity index (χ2n) is 13.2. The molecule has 53 heavy (non-hydrogen) atoms. The number of fused-ring (bicyclic) bond motifs is 4. The molecule has 11 nitrogen and oxygen atoms in total. The van der Waals surface area contributed by atoms with Gasteiger partial charge in [-0.05, 0) is 71.7 Å². The van der Waals surface area contributed by atoms with Gasteiger partial charge in [-0.15, -0.1) is 11.3 Å². The summed E-state index contributed by atoms with van der Waals surface area (Å²) in [5.74, 6) is 1.81. The van der Waals surface area contributed by atoms with Gasteiger partial charge in [-0.1, -0.05) is 18.2 Å². The number of carbonyl (C=O) groups excluding carboxylic acids is 2. The number of carbonyl (C=O) groups is 2. The first kappa shape index (κ1) is 34.2. The van der Waals surface area contributed by atoms with Gasteiger partial charge in [-0.25, -0.2) is 0 Å². The lowest BCUT2D eigenvalue weighted by atomic mass is 10.0. The Labute approximate surface area is 311 Å². The van der Waals surface area contributed by atoms with Crippen molar-refractivity contribution in [3.63, 3.8) is 0 Å². The fourth-order valence-electron chi connectivity index (χ4n) is 7.02. The van der Waals surface area contributed by atoms with Crippen molar-refractivity contribution in [3.05, 3.63) is 100 Å². The first-order valence-electron chi connectivity index (χ1n) is 17.6. The minimum atomic E-state index is -0.179. The van der Waals surface area contributed by atoms with E-state index < -0.39 is 0 Å². The number of nitrogens with zero attached hydrogens (tertiary/aromatic N) is 4. The number of hydrogen-bond donors (Lipinski definition) is 1. The normalized spacial score (nSPS) is 18.4. The van der Waals surface area contributed by atoms with Crippen molar-refractivity contribution in [2.24, 2.45) is 9.98 Å². The number of aliphatic imine (C=N–C) groups is 2. The van der Waals surface area contributed by atoms with Crippen molar-refractivity contribution in [3.8, 4) is 23.0 Å². The SMILES string of the molecule is COc1cc2c(cc1OCCCCCOc1cc3c(cc1OC)C(=O)N1C=C(c4cccs4)C[C@H]1C=N3)N=C[C@@H]1CC(c3ccc(N)cc3)=CN1C2=O. The van der Waals surface area contributed by atoms with Gasteiger partial charge in [0.1, 0.15) is 0 Å². The summed E-state index contributed by atoms with van der Waals surface area (Å²) in [6.07, 6.45) is 11.3. The summed E-state index contributed by atoms with van der Waals surface area (Å²) in [5.41, 5.74) is 11.9. The van der Waals surface area contributed by atoms with E-state index in [2.05, 4.69) is 6.07 Å². The van der Waals surface area contributed by atoms with E-state index in [1.165, 1.54) is 0 Å². The summed E-state index contributed by atoms with van der Waals surface area (Å²) in [4.78, 5) is 41.3. The van der Waals surface area contributed by atoms with Crippen molar-refractivity contribution >= 4 is 63.8 Å². The van der Waals surface area contributed by atoms with Gasteiger partial charge in [-0.3, -0.25) is 19.6 Å². The van der Waals surface area contributed by atoms with Gasteiger partial charge in [-0.2, -0.15) is 0 Å². The van der Waals surface area contributed by atoms with E-state index >= 15 is 0 Å². The number of unbranched alkanes of at least 4 members (excludes halogenated alkanes) is 2. The third-order valence-electron chi connectivity index (χ3n) is 9.85. The molecule has 1 aromatic heterocycles. The van der Waals surface area contributed by atoms with Gasteiger partial charge in [0.2, 0.25) is 0 Å². The summed E-state index contributed by atoms with van der Waals surface area (Å²) < 4.78 is 23.5. The van der Waals surface area contributed by atoms with Crippen LogP contribution in [0.4, 0.5) is 17.1 Å². The predicted octanol–water partition coefficient (Wildman–Crippen LogP) is 7.92. The van der Waals surface area contributed by atoms with E-state index in [0.717, 1.165) is 47.3 Å². The average molecular weight is 730 g/mol. The summed E-state index contributed by atoms with van der Waals surface area (Å²) in [6.45, 7) is 0.911. The van der Waals surface area contributed by atoms with Gasteiger partial charge in [0.05, 0.1) is 62.0 Å². The highest BCUT2D eigenvalue weighted by atomic mass is 32.1. The molecule has 0 unspecified atom stereocenters. The molecule has 4 aliphatic heterocycles. The van der Waals surface area contributed by atoms with Crippen molar-refractivity contribution in [1.29, 1.82) is 0 Å². The molecule has 0 bridgehead atoms. The number of nitrogen functional groups attached to an aromatic ring is 1. The minimum absolute atomic E-state index is 0.107. The number of anilines is 1. The summed E-state index contributed by atoms with van der Waals surface area (Å²) in [6, 6.07) is 18.4. The van der Waals surface area contributed by atoms with Crippen LogP contribution in [0, 0.1) is 0 Å². The number of benzene rings is 3. The number of amides is 2. The first-order valence-corrected chi connectivity index (χ1v) is 18.5. The first-order chi connectivity index (χ1) is 25.9. The molecule has 0 fully saturated rings. The van der Waals surface area contributed by atoms with Gasteiger partial charge in [0.25, 0.3) is 11.8 Å². The zero-order valence-electron chi connectivity index (χ0n) is 29.5. The van der Waals surface area contributed by atoms with Crippen molar-refractivity contribution in [2.45, 2.75) is 44.2 Å². The van der Waals surface area contributed by atoms with Gasteiger partial charge in [0.15, 0.2) is 23.0 Å². The largest absolute Gasteiger partial charge is 0.493 e. The Kier molecular flexibility index (Phi) is 9.44. The van der Waals surface area contributed by atoms with E-state index in [-0.39, 0.29) is 23.9 Å². The molecule has 0 radical (unpaired) electrons. The fourth-order valence-corrected chi connectivity index (χ4v) is 7.77. The van der Waals surface area contributed by atoms with Crippen LogP contribution in [0.15, 0.2) is 88.4 Å². The molecule has 0 spiro atoms. The van der Waals surface area contributed by atoms with E-state index in [1.807, 2.05) is 60.5 Å². The Morgan fingerprint density at radius 3 is 1.79 bits per heavy atom. The van der Waals surface area contributed by atoms with Crippen molar-refractivity contribution in [2.75, 3.05) is 33.2 Å². The minimum Gasteiger partial charge on any atom is -0.493 e. The highest BCUT2D eigenvalue weighted by molar-refractivity contribution is 7.11. The standard InChI is InChI=1S/C41H39N5O6S/c1-49-35-17-31-33(43-21-29-15-26(23-45(29)40(31)47)25-8-10-28(42)11-9-25)19-37(35)51-12-4-3-5-13-52-38-20-34-32(18-36(38)50-2)41(48)46-24-27(16-30(46)22-44-34)39-7-6-14-53-39/h6-11,14,17-24,29-30H,3-5,12-13,15-16,42H2,1-2H3/t29-,30-/m0/s1. The lowest BCUT2D eigenvalue weighted by Gasteiger charge is -2.19. The van der Waals surface area contributed by atoms with Gasteiger partial charge >= 0.3 is 0 Å². The second kappa shape index (κ2) is 14.6. The van der Waals surface area contributed by atoms with Crippen LogP contribution in [-0.2, 0) is 0 Å². The third-order valence-corrected chi connectivity index (χ3v) is 10.8. The molecule has 0 saturated carbocycles. The Morgan fingerprint density at radius 2 is 1.26 bits per heavy atom. The van der Waals surface area contributed by atoms with Crippen LogP contribution in [0.2, 0.25) is 0 Å². The number of nitrogens with two attached hydrogens (primary N) is 1. The second-order valence-corrected chi connectivity index (χ2v) is 14.2. The van der Waals surface area contributed by atoms with Crippen LogP contribution in [0.1, 0.15) is 63.3 Å². The topological polar surface area (TPSA) is 128 Å². The smallest absolute Gasteiger partial charge is 0.260 e. The Hall–Kier alpha value is -5.88. The Bertz CT molecular complexity index is 2180. The lowest BCUT2D eigenvalue weighted by molar-refractivity contribution is 0.0809. The molecule has 0 aliphatic carbocycles. The molecule has 3 aromatic carbocycles.